The fourth-order valence-corrected chi connectivity index (χ4v) is 2.78. The number of nitrogens with one attached hydrogen (secondary N) is 4. The molecule has 2 rings (SSSR count). The lowest BCUT2D eigenvalue weighted by molar-refractivity contribution is -0.139. The first-order chi connectivity index (χ1) is 17.8. The van der Waals surface area contributed by atoms with Gasteiger partial charge in [-0.2, -0.15) is 0 Å². The third-order valence-corrected chi connectivity index (χ3v) is 4.66. The molecule has 0 unspecified atom stereocenters. The van der Waals surface area contributed by atoms with Crippen molar-refractivity contribution < 1.29 is 38.9 Å². The van der Waals surface area contributed by atoms with E-state index in [-0.39, 0.29) is 37.1 Å². The molecular formula is C24H29N5O8. The zero-order valence-corrected chi connectivity index (χ0v) is 19.9. The Bertz CT molecular complexity index is 1080. The van der Waals surface area contributed by atoms with E-state index in [0.29, 0.717) is 13.0 Å². The Morgan fingerprint density at radius 1 is 1.11 bits per heavy atom. The second-order valence-corrected chi connectivity index (χ2v) is 7.46. The number of carbonyl (C=O) groups is 4. The fourth-order valence-electron chi connectivity index (χ4n) is 2.78. The summed E-state index contributed by atoms with van der Waals surface area (Å²) in [6.45, 7) is 3.66. The number of ether oxygens (including phenoxy) is 2. The number of aliphatic carboxylic acids is 1. The van der Waals surface area contributed by atoms with Crippen LogP contribution in [0.3, 0.4) is 0 Å². The van der Waals surface area contributed by atoms with Gasteiger partial charge < -0.3 is 41.0 Å². The summed E-state index contributed by atoms with van der Waals surface area (Å²) in [6.07, 6.45) is 4.27. The first-order valence-electron chi connectivity index (χ1n) is 11.2. The van der Waals surface area contributed by atoms with Crippen LogP contribution < -0.4 is 26.0 Å². The number of pyridine rings is 1. The van der Waals surface area contributed by atoms with Crippen LogP contribution >= 0.6 is 0 Å². The molecule has 37 heavy (non-hydrogen) atoms. The summed E-state index contributed by atoms with van der Waals surface area (Å²) in [5, 5.41) is 29.2. The van der Waals surface area contributed by atoms with Gasteiger partial charge in [0.25, 0.3) is 5.91 Å². The molecule has 0 fully saturated rings. The Morgan fingerprint density at radius 2 is 1.92 bits per heavy atom. The van der Waals surface area contributed by atoms with Crippen LogP contribution in [0.5, 0.6) is 11.5 Å². The zero-order chi connectivity index (χ0) is 27.0. The molecule has 0 saturated carbocycles. The average Bonchev–Trinajstić information content (AvgIpc) is 2.88. The van der Waals surface area contributed by atoms with Gasteiger partial charge >= 0.3 is 18.1 Å². The lowest BCUT2D eigenvalue weighted by atomic mass is 10.1. The van der Waals surface area contributed by atoms with E-state index in [1.807, 2.05) is 6.07 Å². The second kappa shape index (κ2) is 15.2. The van der Waals surface area contributed by atoms with Gasteiger partial charge in [-0.15, -0.1) is 6.58 Å². The van der Waals surface area contributed by atoms with E-state index in [0.717, 1.165) is 5.56 Å². The molecule has 0 spiro atoms. The molecule has 13 heteroatoms. The lowest BCUT2D eigenvalue weighted by Gasteiger charge is -2.16. The zero-order valence-electron chi connectivity index (χ0n) is 19.9. The van der Waals surface area contributed by atoms with Crippen molar-refractivity contribution in [1.82, 2.24) is 26.3 Å². The van der Waals surface area contributed by atoms with Gasteiger partial charge in [0.15, 0.2) is 0 Å². The molecule has 2 aromatic rings. The molecular weight excluding hydrogens is 486 g/mol. The van der Waals surface area contributed by atoms with Crippen LogP contribution in [0.2, 0.25) is 0 Å². The van der Waals surface area contributed by atoms with Gasteiger partial charge in [0.1, 0.15) is 24.1 Å². The number of urea groups is 1. The van der Waals surface area contributed by atoms with Crippen LogP contribution in [-0.2, 0) is 16.1 Å². The van der Waals surface area contributed by atoms with Crippen LogP contribution in [0.1, 0.15) is 22.3 Å². The Morgan fingerprint density at radius 3 is 2.59 bits per heavy atom. The van der Waals surface area contributed by atoms with Crippen LogP contribution in [0.4, 0.5) is 9.59 Å². The van der Waals surface area contributed by atoms with Gasteiger partial charge in [-0.3, -0.25) is 9.78 Å². The quantitative estimate of drug-likeness (QED) is 0.158. The number of benzene rings is 1. The molecule has 1 heterocycles. The lowest BCUT2D eigenvalue weighted by Crippen LogP contribution is -2.48. The van der Waals surface area contributed by atoms with Gasteiger partial charge in [0.05, 0.1) is 18.7 Å². The Labute approximate surface area is 212 Å². The van der Waals surface area contributed by atoms with Crippen molar-refractivity contribution in [3.05, 3.63) is 66.5 Å². The van der Waals surface area contributed by atoms with Crippen LogP contribution in [-0.4, -0.2) is 71.5 Å². The minimum Gasteiger partial charge on any atom is -0.507 e. The number of phenols is 1. The normalized spacial score (nSPS) is 10.9. The number of carboxylic acid groups (broad SMARTS) is 1. The van der Waals surface area contributed by atoms with Crippen molar-refractivity contribution in [3.63, 3.8) is 0 Å². The fraction of sp³-hybridized carbons (Fsp3) is 0.292. The van der Waals surface area contributed by atoms with Crippen molar-refractivity contribution in [2.75, 3.05) is 26.3 Å². The SMILES string of the molecule is C=CCCOC(=O)N[C@@H](CNC(=O)c1ccc(OCCNC(=O)NCc2cccnc2)cc1O)C(=O)O. The first kappa shape index (κ1) is 28.4. The Hall–Kier alpha value is -4.81. The summed E-state index contributed by atoms with van der Waals surface area (Å²) in [4.78, 5) is 51.2. The van der Waals surface area contributed by atoms with Crippen LogP contribution in [0.25, 0.3) is 0 Å². The molecule has 0 aliphatic carbocycles. The largest absolute Gasteiger partial charge is 0.507 e. The van der Waals surface area contributed by atoms with Crippen molar-refractivity contribution in [1.29, 1.82) is 0 Å². The molecule has 198 valence electrons. The number of rotatable bonds is 14. The van der Waals surface area contributed by atoms with E-state index in [1.54, 1.807) is 18.5 Å². The molecule has 1 aromatic heterocycles. The summed E-state index contributed by atoms with van der Waals surface area (Å²) in [7, 11) is 0. The number of carbonyl (C=O) groups excluding carboxylic acids is 3. The molecule has 0 bridgehead atoms. The highest BCUT2D eigenvalue weighted by molar-refractivity contribution is 5.97. The number of alkyl carbamates (subject to hydrolysis) is 1. The molecule has 0 saturated heterocycles. The molecule has 1 atom stereocenters. The summed E-state index contributed by atoms with van der Waals surface area (Å²) in [5.41, 5.74) is 0.725. The van der Waals surface area contributed by atoms with Gasteiger partial charge in [-0.1, -0.05) is 12.1 Å². The molecule has 6 N–H and O–H groups in total. The van der Waals surface area contributed by atoms with Crippen molar-refractivity contribution in [3.8, 4) is 11.5 Å². The smallest absolute Gasteiger partial charge is 0.407 e. The average molecular weight is 516 g/mol. The molecule has 0 aliphatic rings. The number of aromatic nitrogens is 1. The molecule has 0 aliphatic heterocycles. The number of amides is 4. The van der Waals surface area contributed by atoms with Gasteiger partial charge in [-0.25, -0.2) is 14.4 Å². The predicted octanol–water partition coefficient (Wildman–Crippen LogP) is 1.15. The van der Waals surface area contributed by atoms with Crippen molar-refractivity contribution >= 4 is 24.0 Å². The number of aromatic hydroxyl groups is 1. The molecule has 1 aromatic carbocycles. The van der Waals surface area contributed by atoms with Gasteiger partial charge in [0.2, 0.25) is 0 Å². The Balaban J connectivity index is 1.75. The number of hydrogen-bond donors (Lipinski definition) is 6. The number of phenolic OH excluding ortho intramolecular Hbond substituents is 1. The minimum absolute atomic E-state index is 0.0335. The predicted molar refractivity (Wildman–Crippen MR) is 131 cm³/mol. The van der Waals surface area contributed by atoms with Gasteiger partial charge in [-0.05, 0) is 30.2 Å². The summed E-state index contributed by atoms with van der Waals surface area (Å²) >= 11 is 0. The van der Waals surface area contributed by atoms with Crippen LogP contribution in [0.15, 0.2) is 55.4 Å². The van der Waals surface area contributed by atoms with Gasteiger partial charge in [0, 0.05) is 31.5 Å². The van der Waals surface area contributed by atoms with E-state index in [2.05, 4.69) is 32.8 Å². The van der Waals surface area contributed by atoms with E-state index in [9.17, 15) is 29.4 Å². The highest BCUT2D eigenvalue weighted by Gasteiger charge is 2.22. The molecule has 4 amide bonds. The van der Waals surface area contributed by atoms with E-state index in [4.69, 9.17) is 9.47 Å². The standard InChI is InChI=1S/C24H29N5O8/c1-2-3-10-37-24(35)29-19(22(32)33)15-27-21(31)18-7-6-17(12-20(18)30)36-11-9-26-23(34)28-14-16-5-4-8-25-13-16/h2,4-8,12-13,19,30H,1,3,9-11,14-15H2,(H,27,31)(H,29,35)(H,32,33)(H2,26,28,34)/t19-/m0/s1. The molecule has 13 nitrogen and oxygen atoms in total. The van der Waals surface area contributed by atoms with E-state index in [1.165, 1.54) is 24.3 Å². The summed E-state index contributed by atoms with van der Waals surface area (Å²) in [5.74, 6) is -2.29. The topological polar surface area (TPSA) is 188 Å². The summed E-state index contributed by atoms with van der Waals surface area (Å²) in [6, 6.07) is 5.70. The number of hydrogen-bond acceptors (Lipinski definition) is 8. The molecule has 0 radical (unpaired) electrons. The van der Waals surface area contributed by atoms with Crippen molar-refractivity contribution in [2.45, 2.75) is 19.0 Å². The first-order valence-corrected chi connectivity index (χ1v) is 11.2. The maximum Gasteiger partial charge on any atom is 0.407 e. The third-order valence-electron chi connectivity index (χ3n) is 4.66. The Kier molecular flexibility index (Phi) is 11.7. The van der Waals surface area contributed by atoms with E-state index < -0.39 is 36.3 Å². The number of nitrogens with zero attached hydrogens (tertiary/aromatic N) is 1. The second-order valence-electron chi connectivity index (χ2n) is 7.46. The maximum absolute atomic E-state index is 12.4. The number of carboxylic acids is 1. The third kappa shape index (κ3) is 10.5. The van der Waals surface area contributed by atoms with Crippen molar-refractivity contribution in [2.24, 2.45) is 0 Å². The highest BCUT2D eigenvalue weighted by Crippen LogP contribution is 2.23. The maximum atomic E-state index is 12.4. The minimum atomic E-state index is -1.45. The monoisotopic (exact) mass is 515 g/mol. The summed E-state index contributed by atoms with van der Waals surface area (Å²) < 4.78 is 10.2. The highest BCUT2D eigenvalue weighted by atomic mass is 16.5. The van der Waals surface area contributed by atoms with Crippen LogP contribution in [0, 0.1) is 0 Å². The van der Waals surface area contributed by atoms with E-state index >= 15 is 0 Å².